The Morgan fingerprint density at radius 3 is 1.52 bits per heavy atom. The van der Waals surface area contributed by atoms with E-state index in [2.05, 4.69) is 226 Å². The van der Waals surface area contributed by atoms with E-state index in [9.17, 15) is 0 Å². The fourth-order valence-corrected chi connectivity index (χ4v) is 13.5. The maximum absolute atomic E-state index is 5.40. The van der Waals surface area contributed by atoms with Gasteiger partial charge in [0.1, 0.15) is 5.82 Å². The molecule has 0 bridgehead atoms. The normalized spacial score (nSPS) is 14.8. The Balaban J connectivity index is 0.874. The van der Waals surface area contributed by atoms with Gasteiger partial charge in [0.15, 0.2) is 0 Å². The van der Waals surface area contributed by atoms with Gasteiger partial charge in [-0.1, -0.05) is 133 Å². The summed E-state index contributed by atoms with van der Waals surface area (Å²) in [5.41, 5.74) is 17.2. The van der Waals surface area contributed by atoms with Crippen LogP contribution in [0.15, 0.2) is 241 Å². The number of hydrogen-bond acceptors (Lipinski definition) is 4. The van der Waals surface area contributed by atoms with E-state index in [1.165, 1.54) is 69.9 Å². The van der Waals surface area contributed by atoms with Crippen molar-refractivity contribution >= 4 is 77.2 Å². The van der Waals surface area contributed by atoms with Gasteiger partial charge < -0.3 is 9.13 Å². The molecule has 7 heteroatoms. The highest BCUT2D eigenvalue weighted by atomic mass is 32.2. The standard InChI is InChI=1S/C64H38N6S/c1-7-21-53-43(14-1)44-15-2-8-22-54(44)68(53)41-28-31-60-51(36-41)64(49-19-6-12-26-59(49)71-60)50-20-13-33-65-62(50)63-52(64)35-40(37-67-63)39-27-30-58-48(34-39)47-18-5-11-25-57(47)70(58)61-32-29-42(38-66-61)69-55-23-9-3-16-45(55)46-17-4-10-24-56(46)69/h1-38H. The number of aromatic nitrogens is 6. The van der Waals surface area contributed by atoms with E-state index in [1.54, 1.807) is 0 Å². The second kappa shape index (κ2) is 14.5. The molecular weight excluding hydrogens is 885 g/mol. The molecular formula is C64H38N6S. The van der Waals surface area contributed by atoms with E-state index in [0.29, 0.717) is 0 Å². The van der Waals surface area contributed by atoms with E-state index >= 15 is 0 Å². The molecule has 0 amide bonds. The Bertz CT molecular complexity index is 4470. The number of para-hydroxylation sites is 5. The largest absolute Gasteiger partial charge is 0.309 e. The molecule has 1 spiro atoms. The van der Waals surface area contributed by atoms with Crippen LogP contribution in [0, 0.1) is 0 Å². The fourth-order valence-electron chi connectivity index (χ4n) is 12.3. The predicted molar refractivity (Wildman–Crippen MR) is 290 cm³/mol. The smallest absolute Gasteiger partial charge is 0.137 e. The monoisotopic (exact) mass is 922 g/mol. The van der Waals surface area contributed by atoms with Crippen molar-refractivity contribution in [2.45, 2.75) is 15.2 Å². The summed E-state index contributed by atoms with van der Waals surface area (Å²) in [6.07, 6.45) is 5.96. The van der Waals surface area contributed by atoms with Crippen LogP contribution in [-0.4, -0.2) is 28.7 Å². The van der Waals surface area contributed by atoms with Crippen molar-refractivity contribution in [1.29, 1.82) is 0 Å². The molecule has 2 aliphatic rings. The van der Waals surface area contributed by atoms with Crippen LogP contribution in [0.2, 0.25) is 0 Å². The van der Waals surface area contributed by atoms with Crippen molar-refractivity contribution in [3.05, 3.63) is 253 Å². The molecule has 71 heavy (non-hydrogen) atoms. The van der Waals surface area contributed by atoms with Crippen molar-refractivity contribution in [3.63, 3.8) is 0 Å². The van der Waals surface area contributed by atoms with Crippen LogP contribution in [0.4, 0.5) is 0 Å². The molecule has 8 aromatic carbocycles. The maximum atomic E-state index is 5.40. The summed E-state index contributed by atoms with van der Waals surface area (Å²) in [6.45, 7) is 0. The van der Waals surface area contributed by atoms with Gasteiger partial charge in [0.2, 0.25) is 0 Å². The van der Waals surface area contributed by atoms with Gasteiger partial charge in [0, 0.05) is 71.3 Å². The number of benzene rings is 8. The van der Waals surface area contributed by atoms with E-state index in [0.717, 1.165) is 67.3 Å². The van der Waals surface area contributed by atoms with E-state index in [-0.39, 0.29) is 0 Å². The highest BCUT2D eigenvalue weighted by Gasteiger charge is 2.52. The first kappa shape index (κ1) is 38.9. The zero-order valence-corrected chi connectivity index (χ0v) is 38.8. The zero-order valence-electron chi connectivity index (χ0n) is 38.0. The van der Waals surface area contributed by atoms with Crippen LogP contribution < -0.4 is 0 Å². The minimum atomic E-state index is -0.676. The first-order chi connectivity index (χ1) is 35.2. The molecule has 14 aromatic rings. The number of pyridine rings is 3. The molecule has 0 fully saturated rings. The van der Waals surface area contributed by atoms with E-state index in [1.807, 2.05) is 30.4 Å². The number of rotatable bonds is 4. The summed E-state index contributed by atoms with van der Waals surface area (Å²) in [5.74, 6) is 0.868. The van der Waals surface area contributed by atoms with Gasteiger partial charge in [0.25, 0.3) is 0 Å². The summed E-state index contributed by atoms with van der Waals surface area (Å²) < 4.78 is 7.04. The third-order valence-corrected chi connectivity index (χ3v) is 16.4. The van der Waals surface area contributed by atoms with Gasteiger partial charge in [-0.05, 0) is 113 Å². The lowest BCUT2D eigenvalue weighted by molar-refractivity contribution is 0.718. The highest BCUT2D eigenvalue weighted by molar-refractivity contribution is 7.99. The molecule has 0 radical (unpaired) electrons. The molecule has 1 aliphatic heterocycles. The highest BCUT2D eigenvalue weighted by Crippen LogP contribution is 2.62. The lowest BCUT2D eigenvalue weighted by Crippen LogP contribution is -2.32. The molecule has 0 saturated heterocycles. The Morgan fingerprint density at radius 2 is 0.859 bits per heavy atom. The summed E-state index contributed by atoms with van der Waals surface area (Å²) in [6, 6.07) is 77.4. The fraction of sp³-hybridized carbons (Fsp3) is 0.0156. The molecule has 330 valence electrons. The van der Waals surface area contributed by atoms with E-state index in [4.69, 9.17) is 15.0 Å². The van der Waals surface area contributed by atoms with Gasteiger partial charge in [-0.15, -0.1) is 0 Å². The lowest BCUT2D eigenvalue weighted by atomic mass is 9.67. The molecule has 0 saturated carbocycles. The topological polar surface area (TPSA) is 53.5 Å². The number of nitrogens with zero attached hydrogens (tertiary/aromatic N) is 6. The molecule has 1 atom stereocenters. The summed E-state index contributed by atoms with van der Waals surface area (Å²) in [5, 5.41) is 7.29. The second-order valence-corrected chi connectivity index (χ2v) is 19.8. The Labute approximate surface area is 411 Å². The van der Waals surface area contributed by atoms with Crippen LogP contribution in [0.25, 0.3) is 105 Å². The third-order valence-electron chi connectivity index (χ3n) is 15.2. The SMILES string of the molecule is c1ccc2c(c1)Sc1ccc(-n3c4ccccc4c4ccccc43)cc1C21c2cccnc2-c2ncc(-c3ccc4c(c3)c3ccccc3n4-c3ccc(-n4c5ccccc5c5ccccc54)cn3)cc21. The average molecular weight is 923 g/mol. The van der Waals surface area contributed by atoms with Gasteiger partial charge in [-0.25, -0.2) is 4.98 Å². The van der Waals surface area contributed by atoms with E-state index < -0.39 is 5.41 Å². The van der Waals surface area contributed by atoms with Crippen LogP contribution >= 0.6 is 11.8 Å². The molecule has 0 N–H and O–H groups in total. The predicted octanol–water partition coefficient (Wildman–Crippen LogP) is 15.7. The zero-order chi connectivity index (χ0) is 46.4. The van der Waals surface area contributed by atoms with Crippen molar-refractivity contribution < 1.29 is 0 Å². The van der Waals surface area contributed by atoms with Crippen LogP contribution in [0.5, 0.6) is 0 Å². The minimum absolute atomic E-state index is 0.676. The Kier molecular flexibility index (Phi) is 7.94. The van der Waals surface area contributed by atoms with Crippen LogP contribution in [0.3, 0.4) is 0 Å². The summed E-state index contributed by atoms with van der Waals surface area (Å²) in [7, 11) is 0. The second-order valence-electron chi connectivity index (χ2n) is 18.7. The first-order valence-electron chi connectivity index (χ1n) is 24.1. The molecule has 7 heterocycles. The maximum Gasteiger partial charge on any atom is 0.137 e. The van der Waals surface area contributed by atoms with Crippen molar-refractivity contribution in [2.75, 3.05) is 0 Å². The Hall–Kier alpha value is -9.04. The Morgan fingerprint density at radius 1 is 0.324 bits per heavy atom. The molecule has 6 aromatic heterocycles. The molecule has 1 aliphatic carbocycles. The summed E-state index contributed by atoms with van der Waals surface area (Å²) >= 11 is 1.85. The average Bonchev–Trinajstić information content (AvgIpc) is 4.15. The third kappa shape index (κ3) is 5.25. The number of hydrogen-bond donors (Lipinski definition) is 0. The quantitative estimate of drug-likeness (QED) is 0.176. The molecule has 16 rings (SSSR count). The van der Waals surface area contributed by atoms with Gasteiger partial charge in [0.05, 0.1) is 61.8 Å². The van der Waals surface area contributed by atoms with Crippen LogP contribution in [0.1, 0.15) is 22.3 Å². The van der Waals surface area contributed by atoms with Crippen molar-refractivity contribution in [1.82, 2.24) is 28.7 Å². The minimum Gasteiger partial charge on any atom is -0.309 e. The van der Waals surface area contributed by atoms with Gasteiger partial charge in [-0.3, -0.25) is 14.5 Å². The molecule has 1 unspecified atom stereocenters. The van der Waals surface area contributed by atoms with Gasteiger partial charge >= 0.3 is 0 Å². The van der Waals surface area contributed by atoms with Crippen LogP contribution in [-0.2, 0) is 5.41 Å². The van der Waals surface area contributed by atoms with Crippen molar-refractivity contribution in [3.8, 4) is 39.7 Å². The number of fused-ring (bicyclic) bond motifs is 18. The lowest BCUT2D eigenvalue weighted by Gasteiger charge is -2.39. The van der Waals surface area contributed by atoms with Crippen molar-refractivity contribution in [2.24, 2.45) is 0 Å². The van der Waals surface area contributed by atoms with Gasteiger partial charge in [-0.2, -0.15) is 0 Å². The molecule has 6 nitrogen and oxygen atoms in total. The first-order valence-corrected chi connectivity index (χ1v) is 24.9. The summed E-state index contributed by atoms with van der Waals surface area (Å²) in [4.78, 5) is 18.2.